The Bertz CT molecular complexity index is 555. The van der Waals surface area contributed by atoms with E-state index in [1.807, 2.05) is 24.3 Å². The van der Waals surface area contributed by atoms with Gasteiger partial charge in [0.25, 0.3) is 0 Å². The minimum Gasteiger partial charge on any atom is -0.472 e. The smallest absolute Gasteiger partial charge is 0.358 e. The fraction of sp³-hybridized carbons (Fsp3) is 0.154. The molecule has 0 unspecified atom stereocenters. The van der Waals surface area contributed by atoms with Gasteiger partial charge in [0.05, 0.1) is 19.5 Å². The lowest BCUT2D eigenvalue weighted by Gasteiger charge is -2.05. The highest BCUT2D eigenvalue weighted by molar-refractivity contribution is 9.10. The standard InChI is InChI=1S/C13H11BrN2O3/c1-18-13(17)11-6-16-12(7-15-11)19-8-9-2-4-10(14)5-3-9/h2-7H,8H2,1H3. The van der Waals surface area contributed by atoms with Gasteiger partial charge in [0.1, 0.15) is 6.61 Å². The number of halogens is 1. The number of benzene rings is 1. The van der Waals surface area contributed by atoms with Crippen LogP contribution in [0.4, 0.5) is 0 Å². The van der Waals surface area contributed by atoms with Crippen molar-refractivity contribution in [3.8, 4) is 5.88 Å². The van der Waals surface area contributed by atoms with Crippen LogP contribution in [0.25, 0.3) is 0 Å². The van der Waals surface area contributed by atoms with Crippen LogP contribution in [0.1, 0.15) is 16.1 Å². The van der Waals surface area contributed by atoms with Crippen LogP contribution >= 0.6 is 15.9 Å². The summed E-state index contributed by atoms with van der Waals surface area (Å²) in [4.78, 5) is 19.1. The molecule has 0 aliphatic rings. The minimum absolute atomic E-state index is 0.151. The Morgan fingerprint density at radius 2 is 1.95 bits per heavy atom. The number of carbonyl (C=O) groups excluding carboxylic acids is 1. The molecule has 0 bridgehead atoms. The maximum Gasteiger partial charge on any atom is 0.358 e. The molecule has 0 amide bonds. The zero-order valence-electron chi connectivity index (χ0n) is 10.2. The number of hydrogen-bond donors (Lipinski definition) is 0. The molecule has 5 nitrogen and oxygen atoms in total. The molecule has 0 saturated heterocycles. The molecule has 2 rings (SSSR count). The van der Waals surface area contributed by atoms with Gasteiger partial charge in [-0.3, -0.25) is 0 Å². The summed E-state index contributed by atoms with van der Waals surface area (Å²) in [6, 6.07) is 7.76. The quantitative estimate of drug-likeness (QED) is 0.810. The highest BCUT2D eigenvalue weighted by Gasteiger charge is 2.07. The van der Waals surface area contributed by atoms with Crippen molar-refractivity contribution < 1.29 is 14.3 Å². The molecule has 0 spiro atoms. The van der Waals surface area contributed by atoms with Crippen molar-refractivity contribution in [2.45, 2.75) is 6.61 Å². The Balaban J connectivity index is 1.96. The van der Waals surface area contributed by atoms with E-state index in [-0.39, 0.29) is 5.69 Å². The van der Waals surface area contributed by atoms with Gasteiger partial charge in [0, 0.05) is 4.47 Å². The first-order valence-corrected chi connectivity index (χ1v) is 6.26. The highest BCUT2D eigenvalue weighted by atomic mass is 79.9. The molecule has 6 heteroatoms. The molecule has 2 aromatic rings. The Hall–Kier alpha value is -1.95. The molecule has 0 atom stereocenters. The van der Waals surface area contributed by atoms with Crippen molar-refractivity contribution in [2.24, 2.45) is 0 Å². The Kier molecular flexibility index (Phi) is 4.46. The minimum atomic E-state index is -0.521. The second-order valence-corrected chi connectivity index (χ2v) is 4.56. The van der Waals surface area contributed by atoms with Crippen molar-refractivity contribution >= 4 is 21.9 Å². The first-order valence-electron chi connectivity index (χ1n) is 5.46. The van der Waals surface area contributed by atoms with Crippen molar-refractivity contribution in [1.82, 2.24) is 9.97 Å². The summed E-state index contributed by atoms with van der Waals surface area (Å²) in [5.74, 6) is -0.164. The molecule has 0 fully saturated rings. The third kappa shape index (κ3) is 3.75. The normalized spacial score (nSPS) is 10.0. The lowest BCUT2D eigenvalue weighted by molar-refractivity contribution is 0.0593. The molecular weight excluding hydrogens is 312 g/mol. The van der Waals surface area contributed by atoms with E-state index in [0.29, 0.717) is 12.5 Å². The number of esters is 1. The van der Waals surface area contributed by atoms with Crippen LogP contribution in [-0.4, -0.2) is 23.0 Å². The monoisotopic (exact) mass is 322 g/mol. The van der Waals surface area contributed by atoms with Crippen molar-refractivity contribution in [1.29, 1.82) is 0 Å². The third-order valence-corrected chi connectivity index (χ3v) is 2.85. The summed E-state index contributed by atoms with van der Waals surface area (Å²) < 4.78 is 11.0. The number of ether oxygens (including phenoxy) is 2. The molecule has 0 aliphatic carbocycles. The van der Waals surface area contributed by atoms with E-state index >= 15 is 0 Å². The molecule has 0 aliphatic heterocycles. The van der Waals surface area contributed by atoms with E-state index in [9.17, 15) is 4.79 Å². The molecule has 1 heterocycles. The largest absolute Gasteiger partial charge is 0.472 e. The summed E-state index contributed by atoms with van der Waals surface area (Å²) in [5.41, 5.74) is 1.17. The molecule has 19 heavy (non-hydrogen) atoms. The van der Waals surface area contributed by atoms with Gasteiger partial charge in [-0.1, -0.05) is 28.1 Å². The zero-order chi connectivity index (χ0) is 13.7. The van der Waals surface area contributed by atoms with Gasteiger partial charge in [-0.05, 0) is 17.7 Å². The SMILES string of the molecule is COC(=O)c1cnc(OCc2ccc(Br)cc2)cn1. The van der Waals surface area contributed by atoms with Gasteiger partial charge in [-0.25, -0.2) is 14.8 Å². The maximum absolute atomic E-state index is 11.2. The Labute approximate surface area is 118 Å². The lowest BCUT2D eigenvalue weighted by Crippen LogP contribution is -2.05. The van der Waals surface area contributed by atoms with Gasteiger partial charge < -0.3 is 9.47 Å². The molecule has 1 aromatic heterocycles. The van der Waals surface area contributed by atoms with Gasteiger partial charge in [-0.15, -0.1) is 0 Å². The van der Waals surface area contributed by atoms with Crippen LogP contribution in [0.5, 0.6) is 5.88 Å². The lowest BCUT2D eigenvalue weighted by atomic mass is 10.2. The summed E-state index contributed by atoms with van der Waals surface area (Å²) in [6.45, 7) is 0.388. The Morgan fingerprint density at radius 1 is 1.21 bits per heavy atom. The fourth-order valence-corrected chi connectivity index (χ4v) is 1.60. The third-order valence-electron chi connectivity index (χ3n) is 2.32. The van der Waals surface area contributed by atoms with Gasteiger partial charge in [-0.2, -0.15) is 0 Å². The summed E-state index contributed by atoms with van der Waals surface area (Å²) >= 11 is 3.36. The van der Waals surface area contributed by atoms with E-state index in [2.05, 4.69) is 30.6 Å². The molecule has 0 radical (unpaired) electrons. The molecule has 98 valence electrons. The Morgan fingerprint density at radius 3 is 2.53 bits per heavy atom. The first kappa shape index (κ1) is 13.5. The molecule has 0 N–H and O–H groups in total. The van der Waals surface area contributed by atoms with E-state index < -0.39 is 5.97 Å². The van der Waals surface area contributed by atoms with Crippen molar-refractivity contribution in [3.63, 3.8) is 0 Å². The van der Waals surface area contributed by atoms with Crippen LogP contribution < -0.4 is 4.74 Å². The van der Waals surface area contributed by atoms with Crippen LogP contribution in [0, 0.1) is 0 Å². The predicted octanol–water partition coefficient (Wildman–Crippen LogP) is 2.60. The number of nitrogens with zero attached hydrogens (tertiary/aromatic N) is 2. The molecule has 0 saturated carbocycles. The summed E-state index contributed by atoms with van der Waals surface area (Å²) in [5, 5.41) is 0. The van der Waals surface area contributed by atoms with Gasteiger partial charge >= 0.3 is 5.97 Å². The number of methoxy groups -OCH3 is 1. The van der Waals surface area contributed by atoms with E-state index in [1.165, 1.54) is 19.5 Å². The van der Waals surface area contributed by atoms with E-state index in [1.54, 1.807) is 0 Å². The van der Waals surface area contributed by atoms with E-state index in [0.717, 1.165) is 10.0 Å². The average molecular weight is 323 g/mol. The maximum atomic E-state index is 11.2. The molecule has 1 aromatic carbocycles. The number of carbonyl (C=O) groups is 1. The second kappa shape index (κ2) is 6.29. The fourth-order valence-electron chi connectivity index (χ4n) is 1.34. The second-order valence-electron chi connectivity index (χ2n) is 3.65. The topological polar surface area (TPSA) is 61.3 Å². The van der Waals surface area contributed by atoms with Gasteiger partial charge in [0.15, 0.2) is 5.69 Å². The highest BCUT2D eigenvalue weighted by Crippen LogP contribution is 2.12. The van der Waals surface area contributed by atoms with Crippen LogP contribution in [0.2, 0.25) is 0 Å². The summed E-state index contributed by atoms with van der Waals surface area (Å²) in [7, 11) is 1.29. The number of rotatable bonds is 4. The van der Waals surface area contributed by atoms with Crippen LogP contribution in [0.3, 0.4) is 0 Å². The van der Waals surface area contributed by atoms with Crippen LogP contribution in [-0.2, 0) is 11.3 Å². The van der Waals surface area contributed by atoms with Gasteiger partial charge in [0.2, 0.25) is 5.88 Å². The van der Waals surface area contributed by atoms with Crippen molar-refractivity contribution in [2.75, 3.05) is 7.11 Å². The van der Waals surface area contributed by atoms with Crippen LogP contribution in [0.15, 0.2) is 41.1 Å². The zero-order valence-corrected chi connectivity index (χ0v) is 11.8. The molecular formula is C13H11BrN2O3. The number of hydrogen-bond acceptors (Lipinski definition) is 5. The summed E-state index contributed by atoms with van der Waals surface area (Å²) in [6.07, 6.45) is 2.72. The first-order chi connectivity index (χ1) is 9.19. The number of aromatic nitrogens is 2. The van der Waals surface area contributed by atoms with Crippen molar-refractivity contribution in [3.05, 3.63) is 52.4 Å². The van der Waals surface area contributed by atoms with E-state index in [4.69, 9.17) is 4.74 Å². The average Bonchev–Trinajstić information content (AvgIpc) is 2.46. The predicted molar refractivity (Wildman–Crippen MR) is 71.8 cm³/mol.